The Labute approximate surface area is 155 Å². The standard InChI is InChI=1S/C19H18N4O4/c1-27-16-7-6-13(10-20-16)21-15(24)11-23-17(25)19(22-18(23)26)9-8-12-4-2-3-5-14(12)19/h2-7,10H,8-9,11H2,1H3,(H,21,24)(H,22,26). The molecule has 27 heavy (non-hydrogen) atoms. The van der Waals surface area contributed by atoms with Gasteiger partial charge in [0.05, 0.1) is 19.0 Å². The molecular weight excluding hydrogens is 348 g/mol. The Bertz CT molecular complexity index is 928. The minimum Gasteiger partial charge on any atom is -0.481 e. The number of hydrogen-bond donors (Lipinski definition) is 2. The molecule has 0 radical (unpaired) electrons. The number of benzene rings is 1. The number of pyridine rings is 1. The first-order valence-electron chi connectivity index (χ1n) is 8.56. The molecule has 8 heteroatoms. The molecule has 4 rings (SSSR count). The van der Waals surface area contributed by atoms with E-state index in [0.29, 0.717) is 24.4 Å². The quantitative estimate of drug-likeness (QED) is 0.797. The molecule has 2 aromatic rings. The topological polar surface area (TPSA) is 101 Å². The molecule has 2 N–H and O–H groups in total. The van der Waals surface area contributed by atoms with Gasteiger partial charge in [0.1, 0.15) is 12.1 Å². The first kappa shape index (κ1) is 17.0. The molecule has 0 saturated carbocycles. The number of nitrogens with one attached hydrogen (secondary N) is 2. The highest BCUT2D eigenvalue weighted by atomic mass is 16.5. The summed E-state index contributed by atoms with van der Waals surface area (Å²) in [6.45, 7) is -0.361. The number of anilines is 1. The Morgan fingerprint density at radius 1 is 1.30 bits per heavy atom. The second-order valence-electron chi connectivity index (χ2n) is 6.52. The molecule has 0 bridgehead atoms. The number of amides is 4. The van der Waals surface area contributed by atoms with Crippen molar-refractivity contribution in [3.8, 4) is 5.88 Å². The number of methoxy groups -OCH3 is 1. The lowest BCUT2D eigenvalue weighted by Crippen LogP contribution is -2.43. The lowest BCUT2D eigenvalue weighted by Gasteiger charge is -2.22. The van der Waals surface area contributed by atoms with E-state index < -0.39 is 17.5 Å². The van der Waals surface area contributed by atoms with Crippen molar-refractivity contribution in [2.75, 3.05) is 19.0 Å². The lowest BCUT2D eigenvalue weighted by atomic mass is 9.92. The van der Waals surface area contributed by atoms with Gasteiger partial charge in [-0.1, -0.05) is 24.3 Å². The van der Waals surface area contributed by atoms with E-state index in [4.69, 9.17) is 4.74 Å². The van der Waals surface area contributed by atoms with Crippen LogP contribution in [0.4, 0.5) is 10.5 Å². The normalized spacial score (nSPS) is 20.6. The molecule has 8 nitrogen and oxygen atoms in total. The fourth-order valence-electron chi connectivity index (χ4n) is 3.65. The van der Waals surface area contributed by atoms with Crippen LogP contribution >= 0.6 is 0 Å². The van der Waals surface area contributed by atoms with Crippen LogP contribution in [0.25, 0.3) is 0 Å². The van der Waals surface area contributed by atoms with E-state index in [-0.39, 0.29) is 12.5 Å². The Hall–Kier alpha value is -3.42. The minimum atomic E-state index is -1.06. The van der Waals surface area contributed by atoms with Gasteiger partial charge in [0, 0.05) is 6.07 Å². The summed E-state index contributed by atoms with van der Waals surface area (Å²) in [4.78, 5) is 42.7. The summed E-state index contributed by atoms with van der Waals surface area (Å²) in [5.41, 5.74) is 1.25. The molecule has 1 aliphatic carbocycles. The number of imide groups is 1. The number of urea groups is 1. The molecule has 1 spiro atoms. The van der Waals surface area contributed by atoms with Crippen LogP contribution in [0, 0.1) is 0 Å². The van der Waals surface area contributed by atoms with Crippen molar-refractivity contribution in [1.29, 1.82) is 0 Å². The summed E-state index contributed by atoms with van der Waals surface area (Å²) >= 11 is 0. The first-order valence-corrected chi connectivity index (χ1v) is 8.56. The van der Waals surface area contributed by atoms with Crippen LogP contribution in [0.1, 0.15) is 17.5 Å². The fourth-order valence-corrected chi connectivity index (χ4v) is 3.65. The van der Waals surface area contributed by atoms with Crippen LogP contribution in [-0.4, -0.2) is 41.4 Å². The largest absolute Gasteiger partial charge is 0.481 e. The zero-order valence-electron chi connectivity index (χ0n) is 14.7. The van der Waals surface area contributed by atoms with Crippen molar-refractivity contribution in [3.05, 3.63) is 53.7 Å². The number of hydrogen-bond acceptors (Lipinski definition) is 5. The molecule has 2 aliphatic rings. The maximum atomic E-state index is 13.0. The maximum Gasteiger partial charge on any atom is 0.325 e. The summed E-state index contributed by atoms with van der Waals surface area (Å²) in [5, 5.41) is 5.43. The Morgan fingerprint density at radius 3 is 2.85 bits per heavy atom. The maximum absolute atomic E-state index is 13.0. The smallest absolute Gasteiger partial charge is 0.325 e. The van der Waals surface area contributed by atoms with Gasteiger partial charge in [-0.15, -0.1) is 0 Å². The summed E-state index contributed by atoms with van der Waals surface area (Å²) in [6, 6.07) is 10.2. The Kier molecular flexibility index (Phi) is 4.02. The number of carbonyl (C=O) groups excluding carboxylic acids is 3. The van der Waals surface area contributed by atoms with E-state index in [1.165, 1.54) is 13.3 Å². The third-order valence-electron chi connectivity index (χ3n) is 4.95. The minimum absolute atomic E-state index is 0.361. The first-order chi connectivity index (χ1) is 13.0. The SMILES string of the molecule is COc1ccc(NC(=O)CN2C(=O)NC3(CCc4ccccc43)C2=O)cn1. The number of aromatic nitrogens is 1. The third kappa shape index (κ3) is 2.79. The van der Waals surface area contributed by atoms with Gasteiger partial charge in [0.2, 0.25) is 11.8 Å². The van der Waals surface area contributed by atoms with E-state index in [0.717, 1.165) is 16.0 Å². The van der Waals surface area contributed by atoms with E-state index in [1.807, 2.05) is 24.3 Å². The highest BCUT2D eigenvalue weighted by molar-refractivity contribution is 6.10. The van der Waals surface area contributed by atoms with Crippen LogP contribution < -0.4 is 15.4 Å². The van der Waals surface area contributed by atoms with Crippen LogP contribution in [0.3, 0.4) is 0 Å². The van der Waals surface area contributed by atoms with Crippen LogP contribution in [-0.2, 0) is 21.5 Å². The van der Waals surface area contributed by atoms with Crippen molar-refractivity contribution in [3.63, 3.8) is 0 Å². The van der Waals surface area contributed by atoms with Gasteiger partial charge >= 0.3 is 6.03 Å². The van der Waals surface area contributed by atoms with Crippen LogP contribution in [0.15, 0.2) is 42.6 Å². The third-order valence-corrected chi connectivity index (χ3v) is 4.95. The molecule has 1 fully saturated rings. The van der Waals surface area contributed by atoms with E-state index in [1.54, 1.807) is 12.1 Å². The molecule has 4 amide bonds. The van der Waals surface area contributed by atoms with Gasteiger partial charge in [-0.25, -0.2) is 9.78 Å². The highest BCUT2D eigenvalue weighted by Crippen LogP contribution is 2.41. The monoisotopic (exact) mass is 366 g/mol. The summed E-state index contributed by atoms with van der Waals surface area (Å²) < 4.78 is 4.96. The zero-order valence-corrected chi connectivity index (χ0v) is 14.7. The second-order valence-corrected chi connectivity index (χ2v) is 6.52. The van der Waals surface area contributed by atoms with Crippen molar-refractivity contribution >= 4 is 23.5 Å². The van der Waals surface area contributed by atoms with Crippen LogP contribution in [0.2, 0.25) is 0 Å². The van der Waals surface area contributed by atoms with Crippen molar-refractivity contribution in [2.24, 2.45) is 0 Å². The molecule has 1 aromatic heterocycles. The zero-order chi connectivity index (χ0) is 19.0. The molecule has 1 aromatic carbocycles. The van der Waals surface area contributed by atoms with Gasteiger partial charge in [-0.05, 0) is 30.0 Å². The van der Waals surface area contributed by atoms with E-state index in [2.05, 4.69) is 15.6 Å². The summed E-state index contributed by atoms with van der Waals surface area (Å²) in [7, 11) is 1.50. The van der Waals surface area contributed by atoms with E-state index >= 15 is 0 Å². The molecule has 2 heterocycles. The number of rotatable bonds is 4. The number of nitrogens with zero attached hydrogens (tertiary/aromatic N) is 2. The molecule has 1 aliphatic heterocycles. The predicted octanol–water partition coefficient (Wildman–Crippen LogP) is 1.42. The average Bonchev–Trinajstić information content (AvgIpc) is 3.16. The summed E-state index contributed by atoms with van der Waals surface area (Å²) in [6.07, 6.45) is 2.65. The molecular formula is C19H18N4O4. The predicted molar refractivity (Wildman–Crippen MR) is 96.1 cm³/mol. The number of ether oxygens (including phenoxy) is 1. The van der Waals surface area contributed by atoms with Crippen molar-refractivity contribution in [2.45, 2.75) is 18.4 Å². The summed E-state index contributed by atoms with van der Waals surface area (Å²) in [5.74, 6) is -0.446. The van der Waals surface area contributed by atoms with Gasteiger partial charge < -0.3 is 15.4 Å². The number of carbonyl (C=O) groups is 3. The van der Waals surface area contributed by atoms with E-state index in [9.17, 15) is 14.4 Å². The Morgan fingerprint density at radius 2 is 2.11 bits per heavy atom. The average molecular weight is 366 g/mol. The van der Waals surface area contributed by atoms with Gasteiger partial charge in [0.25, 0.3) is 5.91 Å². The van der Waals surface area contributed by atoms with Gasteiger partial charge in [0.15, 0.2) is 0 Å². The highest BCUT2D eigenvalue weighted by Gasteiger charge is 2.55. The number of aryl methyl sites for hydroxylation is 1. The van der Waals surface area contributed by atoms with Gasteiger partial charge in [-0.3, -0.25) is 14.5 Å². The molecule has 138 valence electrons. The van der Waals surface area contributed by atoms with Crippen molar-refractivity contribution in [1.82, 2.24) is 15.2 Å². The fraction of sp³-hybridized carbons (Fsp3) is 0.263. The molecule has 1 atom stereocenters. The number of fused-ring (bicyclic) bond motifs is 2. The van der Waals surface area contributed by atoms with Crippen LogP contribution in [0.5, 0.6) is 5.88 Å². The lowest BCUT2D eigenvalue weighted by molar-refractivity contribution is -0.134. The Balaban J connectivity index is 1.49. The van der Waals surface area contributed by atoms with Gasteiger partial charge in [-0.2, -0.15) is 0 Å². The molecule has 1 saturated heterocycles. The van der Waals surface area contributed by atoms with Crippen molar-refractivity contribution < 1.29 is 19.1 Å². The molecule has 1 unspecified atom stereocenters. The second kappa shape index (κ2) is 6.39.